The Labute approximate surface area is 185 Å². The SMILES string of the molecule is CNC(=O)c1cc(Nc2nccc(-c3cc(C#N)c4c(c3)[C@@](C)(CO)CN4)n2)c(C)cn1. The number of aryl methyl sites for hydroxylation is 1. The molecule has 0 saturated heterocycles. The van der Waals surface area contributed by atoms with Crippen molar-refractivity contribution in [2.24, 2.45) is 0 Å². The molecule has 0 aliphatic carbocycles. The zero-order valence-electron chi connectivity index (χ0n) is 18.0. The van der Waals surface area contributed by atoms with Gasteiger partial charge in [0.2, 0.25) is 5.95 Å². The second-order valence-electron chi connectivity index (χ2n) is 7.98. The molecule has 2 aromatic heterocycles. The molecule has 162 valence electrons. The van der Waals surface area contributed by atoms with Crippen LogP contribution in [0.3, 0.4) is 0 Å². The van der Waals surface area contributed by atoms with Gasteiger partial charge in [0.25, 0.3) is 5.91 Å². The van der Waals surface area contributed by atoms with Gasteiger partial charge in [-0.25, -0.2) is 9.97 Å². The van der Waals surface area contributed by atoms with E-state index in [0.29, 0.717) is 29.4 Å². The number of benzene rings is 1. The number of hydrogen-bond donors (Lipinski definition) is 4. The first-order valence-corrected chi connectivity index (χ1v) is 10.1. The van der Waals surface area contributed by atoms with Crippen molar-refractivity contribution in [2.75, 3.05) is 30.8 Å². The van der Waals surface area contributed by atoms with E-state index in [-0.39, 0.29) is 18.2 Å². The number of rotatable bonds is 5. The smallest absolute Gasteiger partial charge is 0.269 e. The van der Waals surface area contributed by atoms with Crippen LogP contribution in [-0.2, 0) is 5.41 Å². The molecule has 3 heterocycles. The molecular weight excluding hydrogens is 406 g/mol. The van der Waals surface area contributed by atoms with Crippen molar-refractivity contribution in [1.29, 1.82) is 5.26 Å². The number of carbonyl (C=O) groups excluding carboxylic acids is 1. The summed E-state index contributed by atoms with van der Waals surface area (Å²) >= 11 is 0. The van der Waals surface area contributed by atoms with E-state index in [4.69, 9.17) is 0 Å². The van der Waals surface area contributed by atoms with Gasteiger partial charge in [0.15, 0.2) is 0 Å². The number of aliphatic hydroxyl groups excluding tert-OH is 1. The van der Waals surface area contributed by atoms with E-state index >= 15 is 0 Å². The summed E-state index contributed by atoms with van der Waals surface area (Å²) in [5, 5.41) is 28.5. The number of carbonyl (C=O) groups is 1. The zero-order valence-corrected chi connectivity index (χ0v) is 18.0. The van der Waals surface area contributed by atoms with Crippen molar-refractivity contribution in [3.63, 3.8) is 0 Å². The summed E-state index contributed by atoms with van der Waals surface area (Å²) in [6.45, 7) is 4.35. The van der Waals surface area contributed by atoms with E-state index in [0.717, 1.165) is 22.4 Å². The lowest BCUT2D eigenvalue weighted by atomic mass is 9.83. The molecule has 1 aliphatic rings. The maximum atomic E-state index is 11.9. The molecule has 4 rings (SSSR count). The van der Waals surface area contributed by atoms with Gasteiger partial charge < -0.3 is 21.1 Å². The average Bonchev–Trinajstić information content (AvgIpc) is 3.16. The summed E-state index contributed by atoms with van der Waals surface area (Å²) in [5.74, 6) is 0.0622. The number of hydrogen-bond acceptors (Lipinski definition) is 8. The summed E-state index contributed by atoms with van der Waals surface area (Å²) in [5.41, 5.74) is 4.85. The lowest BCUT2D eigenvalue weighted by Gasteiger charge is -2.21. The molecule has 9 heteroatoms. The quantitative estimate of drug-likeness (QED) is 0.486. The maximum absolute atomic E-state index is 11.9. The predicted molar refractivity (Wildman–Crippen MR) is 121 cm³/mol. The Kier molecular flexibility index (Phi) is 5.47. The normalized spacial score (nSPS) is 16.6. The second kappa shape index (κ2) is 8.24. The Morgan fingerprint density at radius 1 is 1.34 bits per heavy atom. The zero-order chi connectivity index (χ0) is 22.9. The molecule has 9 nitrogen and oxygen atoms in total. The lowest BCUT2D eigenvalue weighted by Crippen LogP contribution is -2.28. The molecule has 1 atom stereocenters. The molecule has 0 bridgehead atoms. The van der Waals surface area contributed by atoms with Crippen LogP contribution in [-0.4, -0.2) is 46.2 Å². The third-order valence-electron chi connectivity index (χ3n) is 5.67. The van der Waals surface area contributed by atoms with Gasteiger partial charge in [0, 0.05) is 42.7 Å². The fourth-order valence-corrected chi connectivity index (χ4v) is 3.68. The second-order valence-corrected chi connectivity index (χ2v) is 7.98. The first-order valence-electron chi connectivity index (χ1n) is 10.1. The van der Waals surface area contributed by atoms with Crippen LogP contribution in [0.5, 0.6) is 0 Å². The Morgan fingerprint density at radius 3 is 2.88 bits per heavy atom. The number of aliphatic hydroxyl groups is 1. The van der Waals surface area contributed by atoms with Crippen LogP contribution in [0.1, 0.15) is 34.1 Å². The van der Waals surface area contributed by atoms with Crippen molar-refractivity contribution in [2.45, 2.75) is 19.3 Å². The molecule has 0 unspecified atom stereocenters. The molecule has 1 aliphatic heterocycles. The molecule has 0 spiro atoms. The van der Waals surface area contributed by atoms with Gasteiger partial charge in [0.05, 0.1) is 23.6 Å². The molecule has 4 N–H and O–H groups in total. The van der Waals surface area contributed by atoms with Gasteiger partial charge in [-0.05, 0) is 42.3 Å². The molecule has 3 aromatic rings. The van der Waals surface area contributed by atoms with E-state index in [1.165, 1.54) is 0 Å². The average molecular weight is 429 g/mol. The first kappa shape index (κ1) is 21.2. The van der Waals surface area contributed by atoms with Crippen molar-refractivity contribution < 1.29 is 9.90 Å². The summed E-state index contributed by atoms with van der Waals surface area (Å²) in [6.07, 6.45) is 3.24. The molecule has 1 amide bonds. The van der Waals surface area contributed by atoms with Crippen LogP contribution in [0.2, 0.25) is 0 Å². The number of aromatic nitrogens is 3. The number of amides is 1. The summed E-state index contributed by atoms with van der Waals surface area (Å²) in [4.78, 5) is 25.0. The Bertz CT molecular complexity index is 1250. The van der Waals surface area contributed by atoms with Gasteiger partial charge in [-0.2, -0.15) is 5.26 Å². The topological polar surface area (TPSA) is 136 Å². The van der Waals surface area contributed by atoms with Crippen LogP contribution in [0, 0.1) is 18.3 Å². The number of fused-ring (bicyclic) bond motifs is 1. The van der Waals surface area contributed by atoms with Crippen molar-refractivity contribution >= 4 is 23.2 Å². The number of pyridine rings is 1. The van der Waals surface area contributed by atoms with Gasteiger partial charge >= 0.3 is 0 Å². The Morgan fingerprint density at radius 2 is 2.16 bits per heavy atom. The highest BCUT2D eigenvalue weighted by molar-refractivity contribution is 5.93. The van der Waals surface area contributed by atoms with Crippen LogP contribution >= 0.6 is 0 Å². The highest BCUT2D eigenvalue weighted by Gasteiger charge is 2.35. The largest absolute Gasteiger partial charge is 0.395 e. The third kappa shape index (κ3) is 3.72. The van der Waals surface area contributed by atoms with E-state index in [2.05, 4.69) is 37.0 Å². The van der Waals surface area contributed by atoms with E-state index < -0.39 is 5.41 Å². The third-order valence-corrected chi connectivity index (χ3v) is 5.67. The number of anilines is 3. The molecule has 0 fully saturated rings. The summed E-state index contributed by atoms with van der Waals surface area (Å²) in [6, 6.07) is 9.38. The van der Waals surface area contributed by atoms with Crippen LogP contribution in [0.4, 0.5) is 17.3 Å². The minimum absolute atomic E-state index is 0.0348. The minimum Gasteiger partial charge on any atom is -0.395 e. The van der Waals surface area contributed by atoms with E-state index in [1.54, 1.807) is 37.6 Å². The monoisotopic (exact) mass is 429 g/mol. The Balaban J connectivity index is 1.72. The number of nitriles is 1. The van der Waals surface area contributed by atoms with Crippen LogP contribution in [0.25, 0.3) is 11.3 Å². The van der Waals surface area contributed by atoms with E-state index in [1.807, 2.05) is 19.9 Å². The van der Waals surface area contributed by atoms with Gasteiger partial charge in [0.1, 0.15) is 11.8 Å². The van der Waals surface area contributed by atoms with Crippen molar-refractivity contribution in [3.8, 4) is 17.3 Å². The minimum atomic E-state index is -0.477. The van der Waals surface area contributed by atoms with Crippen molar-refractivity contribution in [3.05, 3.63) is 59.0 Å². The van der Waals surface area contributed by atoms with Crippen LogP contribution in [0.15, 0.2) is 36.7 Å². The molecule has 32 heavy (non-hydrogen) atoms. The van der Waals surface area contributed by atoms with Crippen LogP contribution < -0.4 is 16.0 Å². The van der Waals surface area contributed by atoms with E-state index in [9.17, 15) is 15.2 Å². The van der Waals surface area contributed by atoms with Gasteiger partial charge in [-0.3, -0.25) is 9.78 Å². The number of nitrogens with zero attached hydrogens (tertiary/aromatic N) is 4. The highest BCUT2D eigenvalue weighted by atomic mass is 16.3. The summed E-state index contributed by atoms with van der Waals surface area (Å²) < 4.78 is 0. The highest BCUT2D eigenvalue weighted by Crippen LogP contribution is 2.41. The fourth-order valence-electron chi connectivity index (χ4n) is 3.68. The molecule has 1 aromatic carbocycles. The number of nitrogens with one attached hydrogen (secondary N) is 3. The summed E-state index contributed by atoms with van der Waals surface area (Å²) in [7, 11) is 1.55. The molecule has 0 radical (unpaired) electrons. The molecular formula is C23H23N7O2. The predicted octanol–water partition coefficient (Wildman–Crippen LogP) is 2.50. The van der Waals surface area contributed by atoms with Crippen molar-refractivity contribution in [1.82, 2.24) is 20.3 Å². The lowest BCUT2D eigenvalue weighted by molar-refractivity contribution is 0.0958. The maximum Gasteiger partial charge on any atom is 0.269 e. The standard InChI is InChI=1S/C23H23N7O2/c1-13-10-27-19(21(32)25-3)8-18(13)30-22-26-5-4-17(29-22)14-6-15(9-24)20-16(7-14)23(2,12-31)11-28-20/h4-8,10,28,31H,11-12H2,1-3H3,(H,25,32)(H,26,27,29,30)/t23-/m1/s1. The van der Waals surface area contributed by atoms with Gasteiger partial charge in [-0.15, -0.1) is 0 Å². The first-order chi connectivity index (χ1) is 15.4. The molecule has 0 saturated carbocycles. The van der Waals surface area contributed by atoms with Gasteiger partial charge in [-0.1, -0.05) is 6.92 Å². The fraction of sp³-hybridized carbons (Fsp3) is 0.261. The Hall–Kier alpha value is -4.03.